The van der Waals surface area contributed by atoms with Crippen LogP contribution in [0.25, 0.3) is 11.7 Å². The fraction of sp³-hybridized carbons (Fsp3) is 0.121. The number of amides is 3. The van der Waals surface area contributed by atoms with Gasteiger partial charge < -0.3 is 20.3 Å². The first kappa shape index (κ1) is 32.7. The summed E-state index contributed by atoms with van der Waals surface area (Å²) in [6, 6.07) is 17.0. The number of hydrogen-bond donors (Lipinski definition) is 2. The summed E-state index contributed by atoms with van der Waals surface area (Å²) >= 11 is 16.7. The maximum absolute atomic E-state index is 13.0. The van der Waals surface area contributed by atoms with Gasteiger partial charge in [-0.15, -0.1) is 0 Å². The van der Waals surface area contributed by atoms with Crippen LogP contribution in [0.5, 0.6) is 5.75 Å². The van der Waals surface area contributed by atoms with E-state index in [0.717, 1.165) is 10.3 Å². The number of carbonyl (C=O) groups excluding carboxylic acids is 3. The molecule has 0 saturated carbocycles. The van der Waals surface area contributed by atoms with Crippen LogP contribution in [-0.2, 0) is 16.2 Å². The topological polar surface area (TPSA) is 118 Å². The van der Waals surface area contributed by atoms with E-state index in [1.807, 2.05) is 23.6 Å². The van der Waals surface area contributed by atoms with Gasteiger partial charge in [0.15, 0.2) is 11.4 Å². The molecule has 0 fully saturated rings. The van der Waals surface area contributed by atoms with E-state index in [1.165, 1.54) is 11.0 Å². The van der Waals surface area contributed by atoms with Gasteiger partial charge in [0.2, 0.25) is 11.8 Å². The van der Waals surface area contributed by atoms with E-state index >= 15 is 0 Å². The number of nitrogens with one attached hydrogen (secondary N) is 2. The number of rotatable bonds is 10. The van der Waals surface area contributed by atoms with E-state index in [9.17, 15) is 14.4 Å². The van der Waals surface area contributed by atoms with Crippen LogP contribution in [-0.4, -0.2) is 45.7 Å². The summed E-state index contributed by atoms with van der Waals surface area (Å²) in [4.78, 5) is 47.7. The van der Waals surface area contributed by atoms with Gasteiger partial charge in [0.05, 0.1) is 22.9 Å². The molecule has 5 rings (SSSR count). The van der Waals surface area contributed by atoms with E-state index in [4.69, 9.17) is 27.9 Å². The lowest BCUT2D eigenvalue weighted by Crippen LogP contribution is -2.37. The number of likely N-dealkylation sites (N-methyl/N-ethyl adjacent to an activating group) is 1. The molecule has 3 aromatic heterocycles. The molecule has 0 aliphatic heterocycles. The molecule has 0 spiro atoms. The molecule has 234 valence electrons. The van der Waals surface area contributed by atoms with Crippen molar-refractivity contribution in [3.8, 4) is 5.75 Å². The Morgan fingerprint density at radius 1 is 1.04 bits per heavy atom. The van der Waals surface area contributed by atoms with Crippen molar-refractivity contribution < 1.29 is 19.1 Å². The molecule has 13 heteroatoms. The minimum Gasteiger partial charge on any atom is -0.485 e. The first-order chi connectivity index (χ1) is 22.1. The highest BCUT2D eigenvalue weighted by atomic mass is 79.9. The second-order valence-electron chi connectivity index (χ2n) is 10.0. The number of anilines is 2. The van der Waals surface area contributed by atoms with E-state index in [2.05, 4.69) is 36.5 Å². The molecule has 3 amide bonds. The number of pyridine rings is 2. The fourth-order valence-corrected chi connectivity index (χ4v) is 5.38. The molecular weight excluding hydrogens is 695 g/mol. The molecule has 46 heavy (non-hydrogen) atoms. The zero-order valence-corrected chi connectivity index (χ0v) is 27.7. The largest absolute Gasteiger partial charge is 0.485 e. The zero-order chi connectivity index (χ0) is 32.8. The van der Waals surface area contributed by atoms with Crippen LogP contribution in [0.1, 0.15) is 27.2 Å². The van der Waals surface area contributed by atoms with E-state index in [-0.39, 0.29) is 24.1 Å². The van der Waals surface area contributed by atoms with E-state index in [1.54, 1.807) is 80.1 Å². The van der Waals surface area contributed by atoms with E-state index < -0.39 is 11.8 Å². The Labute approximate surface area is 283 Å². The van der Waals surface area contributed by atoms with Crippen molar-refractivity contribution in [1.29, 1.82) is 0 Å². The van der Waals surface area contributed by atoms with Crippen molar-refractivity contribution in [2.24, 2.45) is 0 Å². The SMILES string of the molecule is Cc1nc2c(OCc3c(Cl)ccc(N(C)C(=O)CNC(=O)C=Cc4ccc(C(=O)Nc5ccncc5)cc4)c3Cl)cccn2c1Br. The van der Waals surface area contributed by atoms with Gasteiger partial charge in [-0.25, -0.2) is 4.98 Å². The predicted molar refractivity (Wildman–Crippen MR) is 183 cm³/mol. The summed E-state index contributed by atoms with van der Waals surface area (Å²) in [5, 5.41) is 5.99. The molecule has 0 unspecified atom stereocenters. The molecule has 2 N–H and O–H groups in total. The second kappa shape index (κ2) is 14.6. The van der Waals surface area contributed by atoms with E-state index in [0.29, 0.717) is 44.5 Å². The fourth-order valence-electron chi connectivity index (χ4n) is 4.40. The van der Waals surface area contributed by atoms with Crippen molar-refractivity contribution in [3.63, 3.8) is 0 Å². The number of aromatic nitrogens is 3. The Morgan fingerprint density at radius 2 is 1.78 bits per heavy atom. The molecular formula is C33H27BrCl2N6O4. The number of carbonyl (C=O) groups is 3. The first-order valence-electron chi connectivity index (χ1n) is 13.9. The average Bonchev–Trinajstić information content (AvgIpc) is 3.36. The van der Waals surface area contributed by atoms with Gasteiger partial charge in [0, 0.05) is 53.6 Å². The normalized spacial score (nSPS) is 11.1. The van der Waals surface area contributed by atoms with Crippen LogP contribution >= 0.6 is 39.1 Å². The van der Waals surface area contributed by atoms with Gasteiger partial charge in [-0.1, -0.05) is 35.3 Å². The molecule has 0 radical (unpaired) electrons. The first-order valence-corrected chi connectivity index (χ1v) is 15.4. The highest BCUT2D eigenvalue weighted by molar-refractivity contribution is 9.10. The summed E-state index contributed by atoms with van der Waals surface area (Å²) in [6.07, 6.45) is 7.94. The Balaban J connectivity index is 1.16. The number of aryl methyl sites for hydroxylation is 1. The highest BCUT2D eigenvalue weighted by Gasteiger charge is 2.20. The molecule has 0 bridgehead atoms. The van der Waals surface area contributed by atoms with Crippen LogP contribution < -0.4 is 20.3 Å². The molecule has 3 heterocycles. The number of imidazole rings is 1. The number of benzene rings is 2. The Kier molecular flexibility index (Phi) is 10.4. The van der Waals surface area contributed by atoms with Crippen LogP contribution in [0, 0.1) is 6.92 Å². The number of ether oxygens (including phenoxy) is 1. The van der Waals surface area contributed by atoms with Crippen molar-refractivity contribution in [2.75, 3.05) is 23.8 Å². The third kappa shape index (κ3) is 7.56. The number of fused-ring (bicyclic) bond motifs is 1. The van der Waals surface area contributed by atoms with Crippen LogP contribution in [0.3, 0.4) is 0 Å². The van der Waals surface area contributed by atoms with Crippen LogP contribution in [0.4, 0.5) is 11.4 Å². The summed E-state index contributed by atoms with van der Waals surface area (Å²) in [5.41, 5.74) is 4.15. The molecule has 0 atom stereocenters. The number of hydrogen-bond acceptors (Lipinski definition) is 6. The Hall–Kier alpha value is -4.71. The third-order valence-electron chi connectivity index (χ3n) is 6.94. The van der Waals surface area contributed by atoms with Crippen LogP contribution in [0.15, 0.2) is 89.9 Å². The Bertz CT molecular complexity index is 1950. The van der Waals surface area contributed by atoms with Gasteiger partial charge in [-0.05, 0) is 83.0 Å². The lowest BCUT2D eigenvalue weighted by atomic mass is 10.1. The van der Waals surface area contributed by atoms with Crippen molar-refractivity contribution in [2.45, 2.75) is 13.5 Å². The van der Waals surface area contributed by atoms with Gasteiger partial charge in [-0.3, -0.25) is 23.8 Å². The summed E-state index contributed by atoms with van der Waals surface area (Å²) in [7, 11) is 1.56. The molecule has 0 aliphatic carbocycles. The zero-order valence-electron chi connectivity index (χ0n) is 24.6. The standard InChI is InChI=1S/C33H27BrCl2N6O4/c1-20-31(34)42-17-3-4-27(32(42)39-20)46-19-24-25(35)10-11-26(30(24)36)41(2)29(44)18-38-28(43)12-7-21-5-8-22(9-6-21)33(45)40-23-13-15-37-16-14-23/h3-17H,18-19H2,1-2H3,(H,38,43)(H,37,40,45). The smallest absolute Gasteiger partial charge is 0.255 e. The summed E-state index contributed by atoms with van der Waals surface area (Å²) in [5.74, 6) is -0.591. The third-order valence-corrected chi connectivity index (χ3v) is 8.67. The molecule has 0 aliphatic rings. The molecule has 0 saturated heterocycles. The lowest BCUT2D eigenvalue weighted by molar-refractivity contribution is -0.122. The maximum atomic E-state index is 13.0. The molecule has 10 nitrogen and oxygen atoms in total. The Morgan fingerprint density at radius 3 is 2.52 bits per heavy atom. The lowest BCUT2D eigenvalue weighted by Gasteiger charge is -2.21. The van der Waals surface area contributed by atoms with Crippen molar-refractivity contribution in [1.82, 2.24) is 19.7 Å². The number of halogens is 3. The molecule has 5 aromatic rings. The highest BCUT2D eigenvalue weighted by Crippen LogP contribution is 2.35. The van der Waals surface area contributed by atoms with Crippen LogP contribution in [0.2, 0.25) is 10.0 Å². The van der Waals surface area contributed by atoms with Crippen molar-refractivity contribution >= 4 is 80.0 Å². The monoisotopic (exact) mass is 720 g/mol. The maximum Gasteiger partial charge on any atom is 0.255 e. The van der Waals surface area contributed by atoms with Crippen molar-refractivity contribution in [3.05, 3.63) is 122 Å². The quantitative estimate of drug-likeness (QED) is 0.155. The van der Waals surface area contributed by atoms with Gasteiger partial charge in [0.25, 0.3) is 5.91 Å². The van der Waals surface area contributed by atoms with Gasteiger partial charge >= 0.3 is 0 Å². The molecule has 2 aromatic carbocycles. The minimum atomic E-state index is -0.465. The summed E-state index contributed by atoms with van der Waals surface area (Å²) < 4.78 is 8.74. The van der Waals surface area contributed by atoms with Gasteiger partial charge in [0.1, 0.15) is 11.2 Å². The average molecular weight is 722 g/mol. The summed E-state index contributed by atoms with van der Waals surface area (Å²) in [6.45, 7) is 1.65. The predicted octanol–water partition coefficient (Wildman–Crippen LogP) is 6.73. The minimum absolute atomic E-state index is 0.0364. The number of nitrogens with zero attached hydrogens (tertiary/aromatic N) is 4. The van der Waals surface area contributed by atoms with Gasteiger partial charge in [-0.2, -0.15) is 0 Å². The second-order valence-corrected chi connectivity index (χ2v) is 11.6.